The molecule has 1 atom stereocenters. The summed E-state index contributed by atoms with van der Waals surface area (Å²) in [4.78, 5) is 1.46. The van der Waals surface area contributed by atoms with Gasteiger partial charge >= 0.3 is 26.6 Å². The Morgan fingerprint density at radius 2 is 1.31 bits per heavy atom. The third kappa shape index (κ3) is 102. The molecule has 0 fully saturated rings. The van der Waals surface area contributed by atoms with Crippen molar-refractivity contribution in [3.8, 4) is 0 Å². The largest absolute Gasteiger partial charge is 0.396 e. The fourth-order valence-electron chi connectivity index (χ4n) is 0.649. The molecular weight excluding hydrogens is 438 g/mol. The molecule has 184 valence electrons. The smallest absolute Gasteiger partial charge is 0.394 e. The van der Waals surface area contributed by atoms with Gasteiger partial charge < -0.3 is 20.8 Å². The van der Waals surface area contributed by atoms with Gasteiger partial charge in [0, 0.05) is 20.2 Å². The molecular formula is C12H41N5O10S2+2. The molecule has 0 amide bonds. The van der Waals surface area contributed by atoms with Gasteiger partial charge in [0.1, 0.15) is 0 Å². The minimum Gasteiger partial charge on any atom is -0.396 e. The second kappa shape index (κ2) is 24.6. The van der Waals surface area contributed by atoms with Crippen LogP contribution in [0.2, 0.25) is 0 Å². The highest BCUT2D eigenvalue weighted by Crippen LogP contribution is 1.94. The molecule has 17 heteroatoms. The van der Waals surface area contributed by atoms with Crippen LogP contribution < -0.4 is 16.9 Å². The predicted octanol–water partition coefficient (Wildman–Crippen LogP) is -3.19. The molecule has 0 rings (SSSR count). The van der Waals surface area contributed by atoms with Crippen molar-refractivity contribution in [2.75, 3.05) is 26.8 Å². The fraction of sp³-hybridized carbons (Fsp3) is 0.833. The van der Waals surface area contributed by atoms with Crippen LogP contribution >= 0.6 is 0 Å². The van der Waals surface area contributed by atoms with E-state index >= 15 is 0 Å². The van der Waals surface area contributed by atoms with Crippen LogP contribution in [0.3, 0.4) is 0 Å². The second-order valence-electron chi connectivity index (χ2n) is 4.41. The normalized spacial score (nSPS) is 10.1. The number of nitrogens with zero attached hydrogens (tertiary/aromatic N) is 1. The number of guanidine groups is 1. The summed E-state index contributed by atoms with van der Waals surface area (Å²) in [7, 11) is -7.68. The van der Waals surface area contributed by atoms with E-state index in [0.29, 0.717) is 12.4 Å². The van der Waals surface area contributed by atoms with E-state index < -0.39 is 20.8 Å². The van der Waals surface area contributed by atoms with E-state index in [1.807, 2.05) is 6.92 Å². The zero-order valence-electron chi connectivity index (χ0n) is 14.3. The molecule has 0 saturated heterocycles. The molecule has 15 nitrogen and oxygen atoms in total. The van der Waals surface area contributed by atoms with Crippen molar-refractivity contribution < 1.29 is 56.4 Å². The van der Waals surface area contributed by atoms with Crippen LogP contribution in [0, 0.1) is 11.3 Å². The van der Waals surface area contributed by atoms with Gasteiger partial charge in [0.05, 0.1) is 12.5 Å². The number of nitrogens with one attached hydrogen (secondary N) is 1. The predicted molar refractivity (Wildman–Crippen MR) is 111 cm³/mol. The van der Waals surface area contributed by atoms with Crippen LogP contribution in [0.1, 0.15) is 35.6 Å². The third-order valence-electron chi connectivity index (χ3n) is 2.04. The first-order valence-electron chi connectivity index (χ1n) is 6.47. The monoisotopic (exact) mass is 479 g/mol. The minimum absolute atomic E-state index is 0. The molecule has 0 aliphatic rings. The van der Waals surface area contributed by atoms with Gasteiger partial charge in [0.2, 0.25) is 0 Å². The molecule has 29 heavy (non-hydrogen) atoms. The Kier molecular flexibility index (Phi) is 39.0. The van der Waals surface area contributed by atoms with E-state index in [-0.39, 0.29) is 47.4 Å². The van der Waals surface area contributed by atoms with Gasteiger partial charge in [-0.3, -0.25) is 29.4 Å². The molecule has 0 bridgehead atoms. The van der Waals surface area contributed by atoms with E-state index in [9.17, 15) is 0 Å². The molecule has 0 spiro atoms. The highest BCUT2D eigenvalue weighted by molar-refractivity contribution is 7.80. The van der Waals surface area contributed by atoms with E-state index in [2.05, 4.69) is 5.73 Å². The maximum absolute atomic E-state index is 8.74. The fourth-order valence-corrected chi connectivity index (χ4v) is 0.649. The summed E-state index contributed by atoms with van der Waals surface area (Å²) < 4.78 is 63.2. The molecule has 0 aliphatic carbocycles. The molecule has 1 unspecified atom stereocenters. The van der Waals surface area contributed by atoms with E-state index in [4.69, 9.17) is 61.8 Å². The van der Waals surface area contributed by atoms with Crippen LogP contribution in [0.4, 0.5) is 0 Å². The SMILES string of the molecule is C.C.C.CC(CCO)C(=[NH2+])[NH3+].CN(CCO)C(=N)N.O=S(=O)(O)O.O=S(=O)(O)O. The van der Waals surface area contributed by atoms with Crippen molar-refractivity contribution in [1.82, 2.24) is 4.90 Å². The molecule has 0 aromatic heterocycles. The van der Waals surface area contributed by atoms with Crippen molar-refractivity contribution in [1.29, 1.82) is 5.41 Å². The first kappa shape index (κ1) is 46.0. The van der Waals surface area contributed by atoms with Gasteiger partial charge in [-0.05, 0) is 13.3 Å². The number of aliphatic hydroxyl groups excluding tert-OH is 2. The number of amidine groups is 1. The first-order valence-corrected chi connectivity index (χ1v) is 9.27. The van der Waals surface area contributed by atoms with E-state index in [1.165, 1.54) is 4.90 Å². The van der Waals surface area contributed by atoms with Crippen molar-refractivity contribution >= 4 is 32.6 Å². The topological polar surface area (TPSA) is 296 Å². The van der Waals surface area contributed by atoms with Crippen molar-refractivity contribution in [2.24, 2.45) is 11.7 Å². The lowest BCUT2D eigenvalue weighted by molar-refractivity contribution is -0.311. The second-order valence-corrected chi connectivity index (χ2v) is 6.21. The highest BCUT2D eigenvalue weighted by Gasteiger charge is 2.11. The van der Waals surface area contributed by atoms with Gasteiger partial charge in [0.25, 0.3) is 0 Å². The number of likely N-dealkylation sites (N-methyl/N-ethyl adjacent to an activating group) is 1. The summed E-state index contributed by atoms with van der Waals surface area (Å²) in [6, 6.07) is 0. The zero-order valence-corrected chi connectivity index (χ0v) is 16.0. The third-order valence-corrected chi connectivity index (χ3v) is 2.04. The van der Waals surface area contributed by atoms with Crippen LogP contribution in [0.25, 0.3) is 0 Å². The Morgan fingerprint density at radius 3 is 1.38 bits per heavy atom. The van der Waals surface area contributed by atoms with Crippen LogP contribution in [-0.4, -0.2) is 88.8 Å². The van der Waals surface area contributed by atoms with Crippen LogP contribution in [-0.2, 0) is 20.8 Å². The number of quaternary nitrogens is 1. The molecule has 0 aromatic carbocycles. The Labute approximate surface area is 173 Å². The lowest BCUT2D eigenvalue weighted by Crippen LogP contribution is -2.72. The summed E-state index contributed by atoms with van der Waals surface area (Å²) in [5.74, 6) is 0.887. The molecule has 0 heterocycles. The van der Waals surface area contributed by atoms with E-state index in [0.717, 1.165) is 6.42 Å². The number of hydrogen-bond donors (Lipinski definition) is 10. The van der Waals surface area contributed by atoms with Crippen molar-refractivity contribution in [3.05, 3.63) is 0 Å². The number of aliphatic hydroxyl groups is 2. The van der Waals surface area contributed by atoms with Gasteiger partial charge in [-0.2, -0.15) is 16.8 Å². The summed E-state index contributed by atoms with van der Waals surface area (Å²) in [6.07, 6.45) is 0.718. The minimum atomic E-state index is -4.67. The number of nitrogens with two attached hydrogens (primary N) is 2. The number of hydrogen-bond acceptors (Lipinski definition) is 7. The first-order chi connectivity index (χ1) is 11.4. The maximum Gasteiger partial charge on any atom is 0.394 e. The Bertz CT molecular complexity index is 516. The average molecular weight is 480 g/mol. The highest BCUT2D eigenvalue weighted by atomic mass is 32.3. The van der Waals surface area contributed by atoms with Gasteiger partial charge in [-0.1, -0.05) is 22.3 Å². The maximum atomic E-state index is 8.74. The molecule has 0 saturated carbocycles. The molecule has 14 N–H and O–H groups in total. The summed E-state index contributed by atoms with van der Waals surface area (Å²) in [5, 5.41) is 28.8. The number of rotatable bonds is 5. The van der Waals surface area contributed by atoms with Gasteiger partial charge in [-0.15, -0.1) is 0 Å². The average Bonchev–Trinajstić information content (AvgIpc) is 2.35. The Morgan fingerprint density at radius 1 is 1.03 bits per heavy atom. The Hall–Kier alpha value is -1.44. The van der Waals surface area contributed by atoms with E-state index in [1.54, 1.807) is 7.05 Å². The standard InChI is InChI=1S/C5H12N2O.C4H11N3O.3CH4.2H2O4S/c1-4(2-3-8)5(6)7;1-7(2-3-8)4(5)6;;;;2*1-5(2,3)4/h4,8H,2-3H2,1H3,(H3,6,7);8H,2-3H2,1H3,(H3,5,6);3*1H4;2*(H2,1,2,3,4)/p+2. The van der Waals surface area contributed by atoms with Gasteiger partial charge in [-0.25, -0.2) is 5.41 Å². The molecule has 0 radical (unpaired) electrons. The van der Waals surface area contributed by atoms with Crippen LogP contribution in [0.15, 0.2) is 0 Å². The Balaban J connectivity index is -0.0000000440. The van der Waals surface area contributed by atoms with Gasteiger partial charge in [0.15, 0.2) is 5.96 Å². The molecule has 0 aromatic rings. The summed E-state index contributed by atoms with van der Waals surface area (Å²) in [6.45, 7) is 2.60. The quantitative estimate of drug-likeness (QED) is 0.106. The summed E-state index contributed by atoms with van der Waals surface area (Å²) >= 11 is 0. The summed E-state index contributed by atoms with van der Waals surface area (Å²) in [5.41, 5.74) is 8.56. The van der Waals surface area contributed by atoms with Crippen molar-refractivity contribution in [2.45, 2.75) is 35.6 Å². The molecule has 0 aliphatic heterocycles. The zero-order chi connectivity index (χ0) is 22.1. The van der Waals surface area contributed by atoms with Crippen LogP contribution in [0.5, 0.6) is 0 Å². The lowest BCUT2D eigenvalue weighted by atomic mass is 10.1. The van der Waals surface area contributed by atoms with Crippen molar-refractivity contribution in [3.63, 3.8) is 0 Å². The lowest BCUT2D eigenvalue weighted by Gasteiger charge is -2.13.